The topological polar surface area (TPSA) is 50.7 Å². The maximum atomic E-state index is 12.0. The highest BCUT2D eigenvalue weighted by molar-refractivity contribution is 5.91. The van der Waals surface area contributed by atoms with E-state index in [0.717, 1.165) is 27.7 Å². The summed E-state index contributed by atoms with van der Waals surface area (Å²) in [7, 11) is 3.51. The number of fused-ring (bicyclic) bond motifs is 1. The molecule has 0 amide bonds. The zero-order valence-corrected chi connectivity index (χ0v) is 13.4. The molecule has 0 saturated heterocycles. The molecule has 4 nitrogen and oxygen atoms in total. The average Bonchev–Trinajstić information content (AvgIpc) is 2.77. The summed E-state index contributed by atoms with van der Waals surface area (Å²) in [5, 5.41) is 9.47. The van der Waals surface area contributed by atoms with E-state index in [-0.39, 0.29) is 5.69 Å². The van der Waals surface area contributed by atoms with Crippen LogP contribution in [0.3, 0.4) is 0 Å². The molecule has 0 aliphatic heterocycles. The summed E-state index contributed by atoms with van der Waals surface area (Å²) in [6.07, 6.45) is 1.85. The van der Waals surface area contributed by atoms with Crippen molar-refractivity contribution in [2.75, 3.05) is 0 Å². The Balaban J connectivity index is 2.14. The van der Waals surface area contributed by atoms with E-state index in [1.807, 2.05) is 55.5 Å². The Bertz CT molecular complexity index is 1030. The SMILES string of the molecule is Cc1cccc(/C(C#N)=C\c2ccc3c(c2)n(C)c(=O)n3C)c1. The standard InChI is InChI=1S/C19H17N3O/c1-13-5-4-6-15(9-13)16(12-20)10-14-7-8-17-18(11-14)22(3)19(23)21(17)2/h4-11H,1-3H3/b16-10-. The van der Waals surface area contributed by atoms with E-state index >= 15 is 0 Å². The van der Waals surface area contributed by atoms with E-state index in [9.17, 15) is 10.1 Å². The molecule has 0 spiro atoms. The molecular weight excluding hydrogens is 286 g/mol. The number of aromatic nitrogens is 2. The smallest absolute Gasteiger partial charge is 0.295 e. The third-order valence-corrected chi connectivity index (χ3v) is 4.06. The molecule has 23 heavy (non-hydrogen) atoms. The zero-order valence-electron chi connectivity index (χ0n) is 13.4. The van der Waals surface area contributed by atoms with Crippen molar-refractivity contribution in [3.05, 3.63) is 69.6 Å². The van der Waals surface area contributed by atoms with E-state index < -0.39 is 0 Å². The highest BCUT2D eigenvalue weighted by atomic mass is 16.1. The summed E-state index contributed by atoms with van der Waals surface area (Å²) >= 11 is 0. The number of aryl methyl sites for hydroxylation is 3. The fraction of sp³-hybridized carbons (Fsp3) is 0.158. The van der Waals surface area contributed by atoms with Crippen LogP contribution in [0.15, 0.2) is 47.3 Å². The van der Waals surface area contributed by atoms with Crippen LogP contribution in [0.2, 0.25) is 0 Å². The zero-order chi connectivity index (χ0) is 16.6. The molecule has 0 saturated carbocycles. The van der Waals surface area contributed by atoms with Gasteiger partial charge in [0, 0.05) is 14.1 Å². The number of hydrogen-bond donors (Lipinski definition) is 0. The minimum atomic E-state index is -0.0553. The van der Waals surface area contributed by atoms with Gasteiger partial charge in [-0.1, -0.05) is 35.9 Å². The Kier molecular flexibility index (Phi) is 3.63. The maximum absolute atomic E-state index is 12.0. The first kappa shape index (κ1) is 14.9. The first-order chi connectivity index (χ1) is 11.0. The summed E-state index contributed by atoms with van der Waals surface area (Å²) < 4.78 is 3.24. The lowest BCUT2D eigenvalue weighted by Crippen LogP contribution is -2.19. The van der Waals surface area contributed by atoms with E-state index in [4.69, 9.17) is 0 Å². The van der Waals surface area contributed by atoms with Gasteiger partial charge in [0.1, 0.15) is 0 Å². The highest BCUT2D eigenvalue weighted by Crippen LogP contribution is 2.21. The number of nitriles is 1. The lowest BCUT2D eigenvalue weighted by Gasteiger charge is -2.02. The van der Waals surface area contributed by atoms with Crippen molar-refractivity contribution >= 4 is 22.7 Å². The van der Waals surface area contributed by atoms with Gasteiger partial charge in [-0.15, -0.1) is 0 Å². The number of benzene rings is 2. The lowest BCUT2D eigenvalue weighted by atomic mass is 10.0. The Morgan fingerprint density at radius 2 is 1.83 bits per heavy atom. The van der Waals surface area contributed by atoms with Crippen LogP contribution in [-0.2, 0) is 14.1 Å². The second-order valence-electron chi connectivity index (χ2n) is 5.69. The quantitative estimate of drug-likeness (QED) is 0.539. The minimum Gasteiger partial charge on any atom is -0.295 e. The van der Waals surface area contributed by atoms with Gasteiger partial charge >= 0.3 is 5.69 Å². The van der Waals surface area contributed by atoms with Crippen LogP contribution in [-0.4, -0.2) is 9.13 Å². The van der Waals surface area contributed by atoms with Crippen molar-refractivity contribution in [1.82, 2.24) is 9.13 Å². The first-order valence-electron chi connectivity index (χ1n) is 7.35. The third-order valence-electron chi connectivity index (χ3n) is 4.06. The Morgan fingerprint density at radius 1 is 1.09 bits per heavy atom. The fourth-order valence-electron chi connectivity index (χ4n) is 2.77. The summed E-state index contributed by atoms with van der Waals surface area (Å²) in [6, 6.07) is 15.9. The van der Waals surface area contributed by atoms with Crippen LogP contribution >= 0.6 is 0 Å². The van der Waals surface area contributed by atoms with Crippen LogP contribution in [0.1, 0.15) is 16.7 Å². The molecule has 2 aromatic carbocycles. The molecule has 0 atom stereocenters. The van der Waals surface area contributed by atoms with Crippen molar-refractivity contribution in [3.63, 3.8) is 0 Å². The molecule has 0 N–H and O–H groups in total. The molecule has 3 rings (SSSR count). The Hall–Kier alpha value is -3.06. The number of rotatable bonds is 2. The van der Waals surface area contributed by atoms with Gasteiger partial charge in [0.25, 0.3) is 0 Å². The molecule has 1 aromatic heterocycles. The van der Waals surface area contributed by atoms with Gasteiger partial charge in [-0.2, -0.15) is 5.26 Å². The van der Waals surface area contributed by atoms with Crippen LogP contribution in [0.4, 0.5) is 0 Å². The van der Waals surface area contributed by atoms with Crippen molar-refractivity contribution in [3.8, 4) is 6.07 Å². The normalized spacial score (nSPS) is 11.7. The largest absolute Gasteiger partial charge is 0.328 e. The monoisotopic (exact) mass is 303 g/mol. The van der Waals surface area contributed by atoms with Gasteiger partial charge in [0.15, 0.2) is 0 Å². The van der Waals surface area contributed by atoms with E-state index in [1.165, 1.54) is 0 Å². The van der Waals surface area contributed by atoms with E-state index in [2.05, 4.69) is 6.07 Å². The molecule has 1 heterocycles. The fourth-order valence-corrected chi connectivity index (χ4v) is 2.77. The molecule has 3 aromatic rings. The van der Waals surface area contributed by atoms with E-state index in [1.54, 1.807) is 23.2 Å². The maximum Gasteiger partial charge on any atom is 0.328 e. The summed E-state index contributed by atoms with van der Waals surface area (Å²) in [5.74, 6) is 0. The van der Waals surface area contributed by atoms with Gasteiger partial charge in [-0.3, -0.25) is 9.13 Å². The van der Waals surface area contributed by atoms with Gasteiger partial charge in [-0.05, 0) is 36.3 Å². The Labute approximate surface area is 134 Å². The van der Waals surface area contributed by atoms with Gasteiger partial charge in [0.2, 0.25) is 0 Å². The third kappa shape index (κ3) is 2.58. The molecule has 0 aliphatic carbocycles. The van der Waals surface area contributed by atoms with E-state index in [0.29, 0.717) is 5.57 Å². The lowest BCUT2D eigenvalue weighted by molar-refractivity contribution is 0.795. The number of allylic oxidation sites excluding steroid dienone is 1. The predicted molar refractivity (Wildman–Crippen MR) is 92.8 cm³/mol. The van der Waals surface area contributed by atoms with Crippen molar-refractivity contribution in [1.29, 1.82) is 5.26 Å². The second kappa shape index (κ2) is 5.62. The van der Waals surface area contributed by atoms with Crippen molar-refractivity contribution in [2.45, 2.75) is 6.92 Å². The average molecular weight is 303 g/mol. The minimum absolute atomic E-state index is 0.0553. The van der Waals surface area contributed by atoms with Crippen LogP contribution in [0.5, 0.6) is 0 Å². The predicted octanol–water partition coefficient (Wildman–Crippen LogP) is 3.25. The molecule has 0 unspecified atom stereocenters. The van der Waals surface area contributed by atoms with Crippen molar-refractivity contribution in [2.24, 2.45) is 14.1 Å². The molecule has 0 bridgehead atoms. The number of imidazole rings is 1. The molecule has 4 heteroatoms. The van der Waals surface area contributed by atoms with Crippen molar-refractivity contribution < 1.29 is 0 Å². The Morgan fingerprint density at radius 3 is 2.52 bits per heavy atom. The summed E-state index contributed by atoms with van der Waals surface area (Å²) in [6.45, 7) is 2.00. The molecule has 0 fully saturated rings. The second-order valence-corrected chi connectivity index (χ2v) is 5.69. The summed E-state index contributed by atoms with van der Waals surface area (Å²) in [4.78, 5) is 12.0. The molecule has 114 valence electrons. The van der Waals surface area contributed by atoms with Crippen LogP contribution in [0, 0.1) is 18.3 Å². The molecule has 0 aliphatic rings. The highest BCUT2D eigenvalue weighted by Gasteiger charge is 2.08. The van der Waals surface area contributed by atoms with Gasteiger partial charge in [-0.25, -0.2) is 4.79 Å². The van der Waals surface area contributed by atoms with Gasteiger partial charge < -0.3 is 0 Å². The van der Waals surface area contributed by atoms with Gasteiger partial charge in [0.05, 0.1) is 22.7 Å². The summed E-state index contributed by atoms with van der Waals surface area (Å²) in [5.41, 5.74) is 5.20. The first-order valence-corrected chi connectivity index (χ1v) is 7.35. The number of hydrogen-bond acceptors (Lipinski definition) is 2. The molecular formula is C19H17N3O. The van der Waals surface area contributed by atoms with Crippen LogP contribution in [0.25, 0.3) is 22.7 Å². The van der Waals surface area contributed by atoms with Crippen LogP contribution < -0.4 is 5.69 Å². The number of nitrogens with zero attached hydrogens (tertiary/aromatic N) is 3. The molecule has 0 radical (unpaired) electrons.